The highest BCUT2D eigenvalue weighted by molar-refractivity contribution is 6.30. The Bertz CT molecular complexity index is 2880. The van der Waals surface area contributed by atoms with Crippen LogP contribution in [0.4, 0.5) is 29.2 Å². The molecular weight excluding hydrogens is 896 g/mol. The van der Waals surface area contributed by atoms with Crippen molar-refractivity contribution in [2.24, 2.45) is 37.8 Å². The van der Waals surface area contributed by atoms with Crippen molar-refractivity contribution in [2.45, 2.75) is 62.7 Å². The molecule has 4 aliphatic carbocycles. The van der Waals surface area contributed by atoms with Crippen LogP contribution in [-0.2, 0) is 40.0 Å². The zero-order valence-corrected chi connectivity index (χ0v) is 37.5. The second-order valence-electron chi connectivity index (χ2n) is 18.4. The third-order valence-electron chi connectivity index (χ3n) is 14.3. The van der Waals surface area contributed by atoms with E-state index in [0.717, 1.165) is 59.6 Å². The van der Waals surface area contributed by atoms with E-state index < -0.39 is 35.5 Å². The van der Waals surface area contributed by atoms with Gasteiger partial charge in [-0.15, -0.1) is 0 Å². The van der Waals surface area contributed by atoms with Crippen molar-refractivity contribution in [3.63, 3.8) is 0 Å². The van der Waals surface area contributed by atoms with E-state index in [1.54, 1.807) is 40.5 Å². The van der Waals surface area contributed by atoms with Crippen molar-refractivity contribution in [3.05, 3.63) is 112 Å². The third-order valence-corrected chi connectivity index (χ3v) is 14.7. The summed E-state index contributed by atoms with van der Waals surface area (Å²) in [6.07, 6.45) is 13.4. The number of hydrogen-bond acceptors (Lipinski definition) is 11. The van der Waals surface area contributed by atoms with E-state index in [1.807, 2.05) is 51.2 Å². The SMILES string of the molecule is COc1nc(N2CC3C(C2)C3(F)F)ccc1Cn1cc(C(=O)N[C@@H]2CCc3c2ncn3C)cn1.Cn1cnc2c1CC[C@H]2NC(=O)c1cnn(Cc2ccc(N3CC4C(C3)C4(F)F)nc2Cl)c1. The van der Waals surface area contributed by atoms with Gasteiger partial charge in [-0.25, -0.2) is 32.5 Å². The predicted octanol–water partition coefficient (Wildman–Crippen LogP) is 5.02. The largest absolute Gasteiger partial charge is 0.481 e. The summed E-state index contributed by atoms with van der Waals surface area (Å²) in [6, 6.07) is 7.12. The van der Waals surface area contributed by atoms with E-state index in [-0.39, 0.29) is 23.9 Å². The van der Waals surface area contributed by atoms with Gasteiger partial charge in [0.1, 0.15) is 16.8 Å². The first-order chi connectivity index (χ1) is 32.2. The zero-order chi connectivity index (χ0) is 46.5. The van der Waals surface area contributed by atoms with Crippen molar-refractivity contribution >= 4 is 35.1 Å². The number of amides is 2. The van der Waals surface area contributed by atoms with E-state index in [2.05, 4.69) is 40.8 Å². The van der Waals surface area contributed by atoms with Crippen molar-refractivity contribution in [1.29, 1.82) is 0 Å². The standard InChI is InChI=1S/C23H25F2N7O2.C22H22ClF2N7O/c1-30-12-26-20-17(4-5-18(20)30)28-21(33)14-7-27-32(9-14)8-13-3-6-19(29-22(13)34-2)31-10-15-16(11-31)23(15,24)25;1-30-11-26-19-16(3-4-17(19)30)28-21(33)13-6-27-32(8-13)7-12-2-5-18(29-20(12)23)31-9-14-15(10-31)22(14,24)25/h3,6-7,9,12,15-17H,4-5,8,10-11H2,1-2H3,(H,28,33);2,5-6,8,11,14-16H,3-4,7,9-10H2,1H3,(H,28,33)/t15?,16?,17-;14?,15?,16-/m11/s1. The Hall–Kier alpha value is -6.51. The van der Waals surface area contributed by atoms with E-state index in [0.29, 0.717) is 73.1 Å². The van der Waals surface area contributed by atoms with Crippen molar-refractivity contribution < 1.29 is 31.9 Å². The number of aromatic nitrogens is 10. The highest BCUT2D eigenvalue weighted by Gasteiger charge is 2.72. The van der Waals surface area contributed by atoms with Gasteiger partial charge < -0.3 is 34.3 Å². The summed E-state index contributed by atoms with van der Waals surface area (Å²) >= 11 is 6.38. The monoisotopic (exact) mass is 942 g/mol. The van der Waals surface area contributed by atoms with Crippen LogP contribution in [0.2, 0.25) is 5.15 Å². The summed E-state index contributed by atoms with van der Waals surface area (Å²) in [5.41, 5.74) is 6.60. The Morgan fingerprint density at radius 3 is 1.61 bits per heavy atom. The number of fused-ring (bicyclic) bond motifs is 4. The molecule has 8 heterocycles. The number of rotatable bonds is 11. The molecule has 6 atom stereocenters. The maximum atomic E-state index is 13.5. The van der Waals surface area contributed by atoms with Crippen molar-refractivity contribution in [2.75, 3.05) is 43.1 Å². The van der Waals surface area contributed by atoms with Crippen LogP contribution < -0.4 is 25.2 Å². The molecular formula is C45H47ClF4N14O3. The normalized spacial score (nSPS) is 24.4. The molecule has 350 valence electrons. The van der Waals surface area contributed by atoms with E-state index in [1.165, 1.54) is 19.5 Å². The molecule has 2 amide bonds. The van der Waals surface area contributed by atoms with Crippen molar-refractivity contribution in [1.82, 2.24) is 59.3 Å². The number of nitrogens with one attached hydrogen (secondary N) is 2. The number of imidazole rings is 2. The maximum absolute atomic E-state index is 13.5. The number of pyridine rings is 2. The van der Waals surface area contributed by atoms with Gasteiger partial charge in [0.2, 0.25) is 5.88 Å². The number of hydrogen-bond donors (Lipinski definition) is 2. The minimum Gasteiger partial charge on any atom is -0.481 e. The molecule has 6 aliphatic rings. The molecule has 0 radical (unpaired) electrons. The molecule has 12 rings (SSSR count). The molecule has 4 fully saturated rings. The second-order valence-corrected chi connectivity index (χ2v) is 18.8. The lowest BCUT2D eigenvalue weighted by atomic mass is 10.2. The lowest BCUT2D eigenvalue weighted by molar-refractivity contribution is 0.0791. The van der Waals surface area contributed by atoms with Crippen LogP contribution in [0.3, 0.4) is 0 Å². The number of piperidine rings is 2. The Labute approximate surface area is 386 Å². The minimum atomic E-state index is -2.53. The number of halogens is 5. The fraction of sp³-hybridized carbons (Fsp3) is 0.467. The molecule has 2 N–H and O–H groups in total. The van der Waals surface area contributed by atoms with Crippen molar-refractivity contribution in [3.8, 4) is 5.88 Å². The molecule has 0 bridgehead atoms. The Kier molecular flexibility index (Phi) is 10.3. The van der Waals surface area contributed by atoms with Crippen LogP contribution in [0.15, 0.2) is 61.7 Å². The van der Waals surface area contributed by atoms with E-state index >= 15 is 0 Å². The summed E-state index contributed by atoms with van der Waals surface area (Å²) in [7, 11) is 5.45. The fourth-order valence-corrected chi connectivity index (χ4v) is 10.5. The molecule has 4 unspecified atom stereocenters. The number of carbonyl (C=O) groups is 2. The van der Waals surface area contributed by atoms with Gasteiger partial charge in [-0.2, -0.15) is 15.2 Å². The number of aryl methyl sites for hydroxylation is 2. The molecule has 22 heteroatoms. The molecule has 2 saturated carbocycles. The maximum Gasteiger partial charge on any atom is 0.258 e. The highest BCUT2D eigenvalue weighted by Crippen LogP contribution is 2.60. The topological polar surface area (TPSA) is 171 Å². The van der Waals surface area contributed by atoms with Gasteiger partial charge >= 0.3 is 0 Å². The average Bonchev–Trinajstić information content (AvgIpc) is 4.10. The Morgan fingerprint density at radius 2 is 1.15 bits per heavy atom. The number of methoxy groups -OCH3 is 1. The molecule has 2 saturated heterocycles. The minimum absolute atomic E-state index is 0.0968. The smallest absolute Gasteiger partial charge is 0.258 e. The number of carbonyl (C=O) groups excluding carboxylic acids is 2. The summed E-state index contributed by atoms with van der Waals surface area (Å²) < 4.78 is 66.6. The fourth-order valence-electron chi connectivity index (χ4n) is 10.3. The summed E-state index contributed by atoms with van der Waals surface area (Å²) in [5.74, 6) is -6.06. The van der Waals surface area contributed by atoms with Crippen LogP contribution in [0.5, 0.6) is 5.88 Å². The highest BCUT2D eigenvalue weighted by atomic mass is 35.5. The molecule has 2 aliphatic heterocycles. The first-order valence-electron chi connectivity index (χ1n) is 22.3. The third kappa shape index (κ3) is 7.73. The predicted molar refractivity (Wildman–Crippen MR) is 234 cm³/mol. The van der Waals surface area contributed by atoms with Crippen LogP contribution in [0, 0.1) is 23.7 Å². The van der Waals surface area contributed by atoms with E-state index in [4.69, 9.17) is 16.3 Å². The van der Waals surface area contributed by atoms with Crippen LogP contribution >= 0.6 is 11.6 Å². The van der Waals surface area contributed by atoms with Gasteiger partial charge in [-0.05, 0) is 43.9 Å². The number of anilines is 2. The number of alkyl halides is 4. The lowest BCUT2D eigenvalue weighted by Gasteiger charge is -2.22. The number of ether oxygens (including phenoxy) is 1. The number of nitrogens with zero attached hydrogens (tertiary/aromatic N) is 12. The molecule has 0 aromatic carbocycles. The molecule has 6 aromatic rings. The van der Waals surface area contributed by atoms with Gasteiger partial charge in [-0.1, -0.05) is 17.7 Å². The molecule has 67 heavy (non-hydrogen) atoms. The molecule has 6 aromatic heterocycles. The van der Waals surface area contributed by atoms with Gasteiger partial charge in [0, 0.05) is 75.2 Å². The zero-order valence-electron chi connectivity index (χ0n) is 36.8. The first-order valence-corrected chi connectivity index (χ1v) is 22.7. The van der Waals surface area contributed by atoms with Crippen LogP contribution in [-0.4, -0.2) is 106 Å². The van der Waals surface area contributed by atoms with Crippen LogP contribution in [0.1, 0.15) is 79.5 Å². The second kappa shape index (κ2) is 16.1. The van der Waals surface area contributed by atoms with Crippen LogP contribution in [0.25, 0.3) is 0 Å². The summed E-state index contributed by atoms with van der Waals surface area (Å²) in [4.78, 5) is 47.0. The van der Waals surface area contributed by atoms with Gasteiger partial charge in [0.25, 0.3) is 23.7 Å². The van der Waals surface area contributed by atoms with Gasteiger partial charge in [-0.3, -0.25) is 19.0 Å². The Morgan fingerprint density at radius 1 is 0.701 bits per heavy atom. The molecule has 17 nitrogen and oxygen atoms in total. The summed E-state index contributed by atoms with van der Waals surface area (Å²) in [6.45, 7) is 1.94. The summed E-state index contributed by atoms with van der Waals surface area (Å²) in [5, 5.41) is 15.0. The van der Waals surface area contributed by atoms with E-state index in [9.17, 15) is 27.2 Å². The molecule has 0 spiro atoms. The van der Waals surface area contributed by atoms with Gasteiger partial charge in [0.15, 0.2) is 0 Å². The lowest BCUT2D eigenvalue weighted by Crippen LogP contribution is -2.28. The average molecular weight is 943 g/mol. The Balaban J connectivity index is 0.000000148. The quantitative estimate of drug-likeness (QED) is 0.132. The van der Waals surface area contributed by atoms with Gasteiger partial charge in [0.05, 0.1) is 104 Å². The first kappa shape index (κ1) is 43.1.